The quantitative estimate of drug-likeness (QED) is 0.734. The van der Waals surface area contributed by atoms with Crippen LogP contribution in [0.25, 0.3) is 0 Å². The topological polar surface area (TPSA) is 67.4 Å². The molecule has 2 N–H and O–H groups in total. The summed E-state index contributed by atoms with van der Waals surface area (Å²) < 4.78 is 32.5. The smallest absolute Gasteiger partial charge is 0.240 e. The van der Waals surface area contributed by atoms with E-state index in [0.717, 1.165) is 17.7 Å². The number of nitrogens with one attached hydrogen (secondary N) is 2. The Morgan fingerprint density at radius 3 is 2.52 bits per heavy atom. The van der Waals surface area contributed by atoms with E-state index in [2.05, 4.69) is 10.0 Å². The van der Waals surface area contributed by atoms with Crippen LogP contribution in [0.3, 0.4) is 0 Å². The van der Waals surface area contributed by atoms with Gasteiger partial charge in [-0.2, -0.15) is 0 Å². The van der Waals surface area contributed by atoms with Gasteiger partial charge in [0, 0.05) is 24.7 Å². The van der Waals surface area contributed by atoms with Gasteiger partial charge in [0.25, 0.3) is 0 Å². The Balaban J connectivity index is 3.05. The average molecular weight is 314 g/mol. The minimum absolute atomic E-state index is 0.278. The van der Waals surface area contributed by atoms with Gasteiger partial charge in [-0.1, -0.05) is 20.8 Å². The molecule has 0 amide bonds. The predicted octanol–water partition coefficient (Wildman–Crippen LogP) is 2.27. The fourth-order valence-electron chi connectivity index (χ4n) is 1.79. The number of hydrogen-bond acceptors (Lipinski definition) is 4. The first kappa shape index (κ1) is 17.9. The van der Waals surface area contributed by atoms with Crippen LogP contribution in [0.2, 0.25) is 0 Å². The second kappa shape index (κ2) is 8.36. The van der Waals surface area contributed by atoms with E-state index < -0.39 is 10.0 Å². The molecule has 0 aliphatic carbocycles. The van der Waals surface area contributed by atoms with Gasteiger partial charge in [-0.25, -0.2) is 13.1 Å². The van der Waals surface area contributed by atoms with Crippen molar-refractivity contribution >= 4 is 10.0 Å². The van der Waals surface area contributed by atoms with Crippen molar-refractivity contribution in [3.63, 3.8) is 0 Å². The second-order valence-electron chi connectivity index (χ2n) is 5.14. The molecular weight excluding hydrogens is 288 g/mol. The van der Waals surface area contributed by atoms with Crippen LogP contribution in [0, 0.1) is 0 Å². The first-order valence-corrected chi connectivity index (χ1v) is 8.87. The van der Waals surface area contributed by atoms with Crippen LogP contribution in [0.15, 0.2) is 23.1 Å². The molecule has 1 aromatic rings. The molecule has 0 spiro atoms. The SMILES string of the molecule is CCCNS(=O)(=O)c1ccc(OCC)c(CNC(C)C)c1. The zero-order valence-corrected chi connectivity index (χ0v) is 14.1. The highest BCUT2D eigenvalue weighted by molar-refractivity contribution is 7.89. The van der Waals surface area contributed by atoms with Gasteiger partial charge in [0.15, 0.2) is 0 Å². The minimum Gasteiger partial charge on any atom is -0.494 e. The van der Waals surface area contributed by atoms with Crippen molar-refractivity contribution in [1.82, 2.24) is 10.0 Å². The van der Waals surface area contributed by atoms with Gasteiger partial charge in [0.05, 0.1) is 11.5 Å². The lowest BCUT2D eigenvalue weighted by Gasteiger charge is -2.15. The molecule has 6 heteroatoms. The van der Waals surface area contributed by atoms with Crippen molar-refractivity contribution in [2.45, 2.75) is 51.6 Å². The summed E-state index contributed by atoms with van der Waals surface area (Å²) in [6, 6.07) is 5.31. The molecule has 0 atom stereocenters. The van der Waals surface area contributed by atoms with Crippen molar-refractivity contribution in [2.75, 3.05) is 13.2 Å². The molecule has 0 aliphatic rings. The van der Waals surface area contributed by atoms with Gasteiger partial charge < -0.3 is 10.1 Å². The number of rotatable bonds is 9. The van der Waals surface area contributed by atoms with Crippen molar-refractivity contribution in [1.29, 1.82) is 0 Å². The van der Waals surface area contributed by atoms with E-state index in [9.17, 15) is 8.42 Å². The number of hydrogen-bond donors (Lipinski definition) is 2. The highest BCUT2D eigenvalue weighted by Gasteiger charge is 2.16. The van der Waals surface area contributed by atoms with Gasteiger partial charge in [-0.15, -0.1) is 0 Å². The maximum absolute atomic E-state index is 12.2. The van der Waals surface area contributed by atoms with Crippen LogP contribution in [-0.2, 0) is 16.6 Å². The fraction of sp³-hybridized carbons (Fsp3) is 0.600. The van der Waals surface area contributed by atoms with E-state index in [1.54, 1.807) is 18.2 Å². The molecule has 0 aromatic heterocycles. The van der Waals surface area contributed by atoms with E-state index >= 15 is 0 Å². The van der Waals surface area contributed by atoms with Crippen molar-refractivity contribution in [3.05, 3.63) is 23.8 Å². The molecule has 0 radical (unpaired) electrons. The van der Waals surface area contributed by atoms with E-state index in [1.807, 2.05) is 27.7 Å². The lowest BCUT2D eigenvalue weighted by atomic mass is 10.2. The lowest BCUT2D eigenvalue weighted by Crippen LogP contribution is -2.25. The van der Waals surface area contributed by atoms with Crippen molar-refractivity contribution < 1.29 is 13.2 Å². The monoisotopic (exact) mass is 314 g/mol. The molecule has 1 aromatic carbocycles. The van der Waals surface area contributed by atoms with Crippen LogP contribution in [0.4, 0.5) is 0 Å². The number of benzene rings is 1. The summed E-state index contributed by atoms with van der Waals surface area (Å²) in [7, 11) is -3.45. The first-order chi connectivity index (χ1) is 9.90. The normalized spacial score (nSPS) is 11.9. The Labute approximate surface area is 128 Å². The Morgan fingerprint density at radius 2 is 1.95 bits per heavy atom. The third kappa shape index (κ3) is 5.65. The standard InChI is InChI=1S/C15H26N2O3S/c1-5-9-17-21(18,19)14-7-8-15(20-6-2)13(10-14)11-16-12(3)4/h7-8,10,12,16-17H,5-6,9,11H2,1-4H3. The summed E-state index contributed by atoms with van der Waals surface area (Å²) in [5, 5.41) is 3.29. The third-order valence-corrected chi connectivity index (χ3v) is 4.34. The molecule has 0 heterocycles. The molecule has 5 nitrogen and oxygen atoms in total. The average Bonchev–Trinajstić information content (AvgIpc) is 2.44. The Kier molecular flexibility index (Phi) is 7.14. The zero-order valence-electron chi connectivity index (χ0n) is 13.3. The van der Waals surface area contributed by atoms with Crippen LogP contribution in [0.5, 0.6) is 5.75 Å². The summed E-state index contributed by atoms with van der Waals surface area (Å²) in [5.74, 6) is 0.722. The predicted molar refractivity (Wildman–Crippen MR) is 85.1 cm³/mol. The van der Waals surface area contributed by atoms with E-state index in [1.165, 1.54) is 0 Å². The zero-order chi connectivity index (χ0) is 15.9. The maximum atomic E-state index is 12.2. The molecule has 0 saturated carbocycles. The summed E-state index contributed by atoms with van der Waals surface area (Å²) in [5.41, 5.74) is 0.852. The van der Waals surface area contributed by atoms with Gasteiger partial charge in [0.2, 0.25) is 10.0 Å². The van der Waals surface area contributed by atoms with Crippen LogP contribution >= 0.6 is 0 Å². The van der Waals surface area contributed by atoms with Crippen LogP contribution in [0.1, 0.15) is 39.7 Å². The van der Waals surface area contributed by atoms with E-state index in [-0.39, 0.29) is 4.90 Å². The third-order valence-electron chi connectivity index (χ3n) is 2.88. The Morgan fingerprint density at radius 1 is 1.24 bits per heavy atom. The van der Waals surface area contributed by atoms with E-state index in [4.69, 9.17) is 4.74 Å². The Bertz CT molecular complexity index is 542. The summed E-state index contributed by atoms with van der Waals surface area (Å²) >= 11 is 0. The maximum Gasteiger partial charge on any atom is 0.240 e. The molecule has 1 rings (SSSR count). The number of ether oxygens (including phenoxy) is 1. The molecule has 0 unspecified atom stereocenters. The van der Waals surface area contributed by atoms with Gasteiger partial charge in [0.1, 0.15) is 5.75 Å². The van der Waals surface area contributed by atoms with Gasteiger partial charge in [-0.3, -0.25) is 0 Å². The van der Waals surface area contributed by atoms with Gasteiger partial charge >= 0.3 is 0 Å². The molecule has 120 valence electrons. The second-order valence-corrected chi connectivity index (χ2v) is 6.90. The highest BCUT2D eigenvalue weighted by atomic mass is 32.2. The largest absolute Gasteiger partial charge is 0.494 e. The molecule has 0 aliphatic heterocycles. The molecule has 0 saturated heterocycles. The summed E-state index contributed by atoms with van der Waals surface area (Å²) in [4.78, 5) is 0.278. The van der Waals surface area contributed by atoms with Crippen LogP contribution in [-0.4, -0.2) is 27.6 Å². The van der Waals surface area contributed by atoms with Crippen molar-refractivity contribution in [2.24, 2.45) is 0 Å². The van der Waals surface area contributed by atoms with Gasteiger partial charge in [-0.05, 0) is 31.5 Å². The minimum atomic E-state index is -3.45. The molecular formula is C15H26N2O3S. The highest BCUT2D eigenvalue weighted by Crippen LogP contribution is 2.23. The van der Waals surface area contributed by atoms with Crippen LogP contribution < -0.4 is 14.8 Å². The fourth-order valence-corrected chi connectivity index (χ4v) is 2.98. The summed E-state index contributed by atoms with van der Waals surface area (Å²) in [6.07, 6.45) is 0.762. The first-order valence-electron chi connectivity index (χ1n) is 7.39. The van der Waals surface area contributed by atoms with E-state index in [0.29, 0.717) is 25.7 Å². The lowest BCUT2D eigenvalue weighted by molar-refractivity contribution is 0.334. The Hall–Kier alpha value is -1.11. The number of sulfonamides is 1. The molecule has 21 heavy (non-hydrogen) atoms. The summed E-state index contributed by atoms with van der Waals surface area (Å²) in [6.45, 7) is 9.49. The van der Waals surface area contributed by atoms with Crippen molar-refractivity contribution in [3.8, 4) is 5.75 Å². The molecule has 0 fully saturated rings. The molecule has 0 bridgehead atoms.